The highest BCUT2D eigenvalue weighted by Gasteiger charge is 2.32. The normalized spacial score (nSPS) is 13.4. The van der Waals surface area contributed by atoms with E-state index in [0.29, 0.717) is 5.76 Å². The summed E-state index contributed by atoms with van der Waals surface area (Å²) in [6, 6.07) is 3.87. The Balaban J connectivity index is 2.89. The van der Waals surface area contributed by atoms with Gasteiger partial charge in [0, 0.05) is 6.21 Å². The Bertz CT molecular complexity index is 543. The van der Waals surface area contributed by atoms with E-state index in [9.17, 15) is 13.2 Å². The first-order valence-corrected chi connectivity index (χ1v) is 6.01. The third kappa shape index (κ3) is 4.91. The number of aliphatic imine (C=N–C) groups is 1. The lowest BCUT2D eigenvalue weighted by molar-refractivity contribution is -0.138. The Morgan fingerprint density at radius 3 is 2.60 bits per heavy atom. The van der Waals surface area contributed by atoms with E-state index in [-0.39, 0.29) is 11.3 Å². The summed E-state index contributed by atoms with van der Waals surface area (Å²) in [7, 11) is 0. The molecular weight excluding hydrogens is 267 g/mol. The molecule has 1 rings (SSSR count). The lowest BCUT2D eigenvalue weighted by Crippen LogP contribution is -2.07. The molecule has 0 saturated carbocycles. The molecule has 0 amide bonds. The van der Waals surface area contributed by atoms with Crippen LogP contribution in [-0.2, 0) is 6.18 Å². The maximum atomic E-state index is 12.8. The van der Waals surface area contributed by atoms with Crippen LogP contribution in [0.2, 0.25) is 0 Å². The fourth-order valence-electron chi connectivity index (χ4n) is 1.47. The van der Waals surface area contributed by atoms with E-state index in [2.05, 4.69) is 4.99 Å². The number of ether oxygens (including phenoxy) is 1. The second kappa shape index (κ2) is 6.93. The van der Waals surface area contributed by atoms with Crippen molar-refractivity contribution >= 4 is 6.21 Å². The van der Waals surface area contributed by atoms with Gasteiger partial charge in [0.15, 0.2) is 0 Å². The predicted octanol–water partition coefficient (Wildman–Crippen LogP) is 4.90. The Morgan fingerprint density at radius 2 is 2.00 bits per heavy atom. The van der Waals surface area contributed by atoms with Crippen LogP contribution >= 0.6 is 0 Å². The van der Waals surface area contributed by atoms with E-state index < -0.39 is 11.7 Å². The number of alkyl halides is 3. The molecule has 0 heterocycles. The largest absolute Gasteiger partial charge is 0.460 e. The van der Waals surface area contributed by atoms with Crippen molar-refractivity contribution in [2.45, 2.75) is 26.9 Å². The summed E-state index contributed by atoms with van der Waals surface area (Å²) in [6.45, 7) is 4.89. The first-order chi connectivity index (χ1) is 9.34. The molecule has 0 spiro atoms. The number of benzene rings is 1. The lowest BCUT2D eigenvalue weighted by atomic mass is 10.1. The monoisotopic (exact) mass is 283 g/mol. The van der Waals surface area contributed by atoms with Crippen LogP contribution in [0.4, 0.5) is 13.2 Å². The Morgan fingerprint density at radius 1 is 1.30 bits per heavy atom. The van der Waals surface area contributed by atoms with Crippen LogP contribution in [0.25, 0.3) is 0 Å². The van der Waals surface area contributed by atoms with E-state index in [1.807, 2.05) is 13.0 Å². The lowest BCUT2D eigenvalue weighted by Gasteiger charge is -2.12. The molecule has 0 radical (unpaired) electrons. The number of hydrogen-bond acceptors (Lipinski definition) is 2. The standard InChI is InChI=1S/C15H16F3NO/c1-4-5-8-19-10-12(3)20-13-7-6-11(2)14(9-13)15(16,17)18/h4-10H,1-3H3/b5-4-,12-10+,19-8-. The van der Waals surface area contributed by atoms with Crippen molar-refractivity contribution < 1.29 is 17.9 Å². The molecule has 0 unspecified atom stereocenters. The molecular formula is C15H16F3NO. The first-order valence-electron chi connectivity index (χ1n) is 6.01. The fourth-order valence-corrected chi connectivity index (χ4v) is 1.47. The van der Waals surface area contributed by atoms with Crippen LogP contribution in [0.3, 0.4) is 0 Å². The number of rotatable bonds is 4. The zero-order valence-electron chi connectivity index (χ0n) is 11.5. The molecule has 0 aromatic heterocycles. The zero-order chi connectivity index (χ0) is 15.2. The SMILES string of the molecule is C\C=C/C=N\C=C(/C)Oc1ccc(C)c(C(F)(F)F)c1. The Labute approximate surface area is 116 Å². The van der Waals surface area contributed by atoms with E-state index in [0.717, 1.165) is 6.07 Å². The second-order valence-corrected chi connectivity index (χ2v) is 4.14. The molecule has 5 heteroatoms. The number of allylic oxidation sites excluding steroid dienone is 3. The maximum absolute atomic E-state index is 12.8. The molecule has 2 nitrogen and oxygen atoms in total. The van der Waals surface area contributed by atoms with Gasteiger partial charge < -0.3 is 4.74 Å². The van der Waals surface area contributed by atoms with Gasteiger partial charge in [-0.2, -0.15) is 13.2 Å². The van der Waals surface area contributed by atoms with E-state index in [4.69, 9.17) is 4.74 Å². The summed E-state index contributed by atoms with van der Waals surface area (Å²) in [5.74, 6) is 0.542. The van der Waals surface area contributed by atoms with Gasteiger partial charge in [0.25, 0.3) is 0 Å². The summed E-state index contributed by atoms with van der Waals surface area (Å²) in [4.78, 5) is 3.92. The van der Waals surface area contributed by atoms with Crippen molar-refractivity contribution in [1.82, 2.24) is 0 Å². The number of aryl methyl sites for hydroxylation is 1. The minimum atomic E-state index is -4.38. The molecule has 0 aliphatic heterocycles. The van der Waals surface area contributed by atoms with Gasteiger partial charge in [-0.1, -0.05) is 12.1 Å². The highest BCUT2D eigenvalue weighted by atomic mass is 19.4. The van der Waals surface area contributed by atoms with Crippen LogP contribution in [0.15, 0.2) is 47.3 Å². The average Bonchev–Trinajstić information content (AvgIpc) is 2.36. The van der Waals surface area contributed by atoms with E-state index >= 15 is 0 Å². The summed E-state index contributed by atoms with van der Waals surface area (Å²) < 4.78 is 43.6. The summed E-state index contributed by atoms with van der Waals surface area (Å²) in [5.41, 5.74) is -0.530. The van der Waals surface area contributed by atoms with E-state index in [1.54, 1.807) is 19.2 Å². The van der Waals surface area contributed by atoms with Gasteiger partial charge in [0.05, 0.1) is 11.8 Å². The fraction of sp³-hybridized carbons (Fsp3) is 0.267. The van der Waals surface area contributed by atoms with Gasteiger partial charge in [0.2, 0.25) is 0 Å². The van der Waals surface area contributed by atoms with Crippen molar-refractivity contribution in [3.8, 4) is 5.75 Å². The minimum Gasteiger partial charge on any atom is -0.460 e. The topological polar surface area (TPSA) is 21.6 Å². The molecule has 1 aromatic rings. The number of hydrogen-bond donors (Lipinski definition) is 0. The molecule has 0 aliphatic rings. The number of halogens is 3. The van der Waals surface area contributed by atoms with Gasteiger partial charge in [0.1, 0.15) is 11.5 Å². The van der Waals surface area contributed by atoms with Crippen molar-refractivity contribution in [3.05, 3.63) is 53.4 Å². The van der Waals surface area contributed by atoms with Crippen molar-refractivity contribution in [1.29, 1.82) is 0 Å². The highest BCUT2D eigenvalue weighted by Crippen LogP contribution is 2.34. The van der Waals surface area contributed by atoms with Crippen molar-refractivity contribution in [2.75, 3.05) is 0 Å². The molecule has 0 bridgehead atoms. The molecule has 20 heavy (non-hydrogen) atoms. The molecule has 0 fully saturated rings. The van der Waals surface area contributed by atoms with Crippen LogP contribution in [-0.4, -0.2) is 6.21 Å². The quantitative estimate of drug-likeness (QED) is 0.569. The smallest absolute Gasteiger partial charge is 0.416 e. The van der Waals surface area contributed by atoms with Crippen molar-refractivity contribution in [3.63, 3.8) is 0 Å². The van der Waals surface area contributed by atoms with Crippen LogP contribution in [0.1, 0.15) is 25.0 Å². The second-order valence-electron chi connectivity index (χ2n) is 4.14. The molecule has 1 aromatic carbocycles. The molecule has 0 N–H and O–H groups in total. The average molecular weight is 283 g/mol. The van der Waals surface area contributed by atoms with Crippen LogP contribution in [0, 0.1) is 6.92 Å². The number of nitrogens with zero attached hydrogens (tertiary/aromatic N) is 1. The zero-order valence-corrected chi connectivity index (χ0v) is 11.5. The molecule has 0 aliphatic carbocycles. The summed E-state index contributed by atoms with van der Waals surface area (Å²) in [6.07, 6.45) is 2.15. The van der Waals surface area contributed by atoms with Gasteiger partial charge in [-0.15, -0.1) is 0 Å². The van der Waals surface area contributed by atoms with Gasteiger partial charge >= 0.3 is 6.18 Å². The van der Waals surface area contributed by atoms with Gasteiger partial charge in [-0.3, -0.25) is 4.99 Å². The Kier molecular flexibility index (Phi) is 5.55. The maximum Gasteiger partial charge on any atom is 0.416 e. The molecule has 0 saturated heterocycles. The minimum absolute atomic E-state index is 0.137. The molecule has 108 valence electrons. The van der Waals surface area contributed by atoms with E-state index in [1.165, 1.54) is 25.3 Å². The van der Waals surface area contributed by atoms with Crippen LogP contribution in [0.5, 0.6) is 5.75 Å². The molecule has 0 atom stereocenters. The van der Waals surface area contributed by atoms with Gasteiger partial charge in [-0.05, 0) is 44.5 Å². The first kappa shape index (κ1) is 16.0. The third-order valence-corrected chi connectivity index (χ3v) is 2.41. The summed E-state index contributed by atoms with van der Waals surface area (Å²) >= 11 is 0. The highest BCUT2D eigenvalue weighted by molar-refractivity contribution is 5.71. The van der Waals surface area contributed by atoms with Gasteiger partial charge in [-0.25, -0.2) is 0 Å². The van der Waals surface area contributed by atoms with Crippen LogP contribution < -0.4 is 4.74 Å². The predicted molar refractivity (Wildman–Crippen MR) is 73.9 cm³/mol. The third-order valence-electron chi connectivity index (χ3n) is 2.41. The summed E-state index contributed by atoms with van der Waals surface area (Å²) in [5, 5.41) is 0. The van der Waals surface area contributed by atoms with Crippen molar-refractivity contribution in [2.24, 2.45) is 4.99 Å². The Hall–Kier alpha value is -2.04.